The van der Waals surface area contributed by atoms with Crippen LogP contribution in [0.1, 0.15) is 81.2 Å². The zero-order chi connectivity index (χ0) is 25.5. The molecule has 0 bridgehead atoms. The van der Waals surface area contributed by atoms with Crippen molar-refractivity contribution in [2.24, 2.45) is 0 Å². The Morgan fingerprint density at radius 1 is 1.14 bits per heavy atom. The van der Waals surface area contributed by atoms with E-state index < -0.39 is 5.60 Å². The van der Waals surface area contributed by atoms with Gasteiger partial charge >= 0.3 is 5.97 Å². The van der Waals surface area contributed by atoms with Crippen LogP contribution in [0.2, 0.25) is 0 Å². The number of rotatable bonds is 8. The summed E-state index contributed by atoms with van der Waals surface area (Å²) in [5, 5.41) is 6.47. The molecular formula is C30H39N3O3. The fourth-order valence-electron chi connectivity index (χ4n) is 5.03. The Morgan fingerprint density at radius 3 is 2.81 bits per heavy atom. The molecule has 1 amide bonds. The Morgan fingerprint density at radius 2 is 1.97 bits per heavy atom. The zero-order valence-corrected chi connectivity index (χ0v) is 21.9. The molecule has 192 valence electrons. The minimum atomic E-state index is -0.501. The number of nitrogens with zero attached hydrogens (tertiary/aromatic N) is 1. The summed E-state index contributed by atoms with van der Waals surface area (Å²) in [4.78, 5) is 29.9. The van der Waals surface area contributed by atoms with Gasteiger partial charge in [0, 0.05) is 25.2 Å². The van der Waals surface area contributed by atoms with E-state index in [1.165, 1.54) is 16.7 Å². The molecule has 0 saturated carbocycles. The fourth-order valence-corrected chi connectivity index (χ4v) is 5.03. The highest BCUT2D eigenvalue weighted by Gasteiger charge is 2.25. The number of esters is 1. The number of hydrogen-bond acceptors (Lipinski definition) is 5. The molecule has 1 atom stereocenters. The van der Waals surface area contributed by atoms with Gasteiger partial charge in [-0.05, 0) is 88.0 Å². The van der Waals surface area contributed by atoms with Crippen LogP contribution in [0.5, 0.6) is 0 Å². The van der Waals surface area contributed by atoms with Gasteiger partial charge in [0.05, 0.1) is 6.42 Å². The summed E-state index contributed by atoms with van der Waals surface area (Å²) in [5.74, 6) is 0.923. The van der Waals surface area contributed by atoms with E-state index in [9.17, 15) is 9.59 Å². The second-order valence-corrected chi connectivity index (χ2v) is 10.9. The average Bonchev–Trinajstić information content (AvgIpc) is 3.01. The first-order valence-corrected chi connectivity index (χ1v) is 13.2. The maximum absolute atomic E-state index is 12.6. The lowest BCUT2D eigenvalue weighted by atomic mass is 9.88. The predicted molar refractivity (Wildman–Crippen MR) is 143 cm³/mol. The van der Waals surface area contributed by atoms with Gasteiger partial charge in [-0.1, -0.05) is 42.0 Å². The van der Waals surface area contributed by atoms with Crippen molar-refractivity contribution in [3.63, 3.8) is 0 Å². The van der Waals surface area contributed by atoms with Crippen molar-refractivity contribution >= 4 is 17.7 Å². The van der Waals surface area contributed by atoms with Crippen LogP contribution >= 0.6 is 0 Å². The molecule has 36 heavy (non-hydrogen) atoms. The fraction of sp³-hybridized carbons (Fsp3) is 0.500. The Hall–Kier alpha value is -3.15. The molecule has 4 rings (SSSR count). The number of hydrogen-bond donors (Lipinski definition) is 2. The Labute approximate surface area is 214 Å². The summed E-state index contributed by atoms with van der Waals surface area (Å²) >= 11 is 0. The van der Waals surface area contributed by atoms with Crippen LogP contribution in [-0.2, 0) is 33.6 Å². The number of carbonyl (C=O) groups is 2. The topological polar surface area (TPSA) is 80.3 Å². The van der Waals surface area contributed by atoms with Crippen molar-refractivity contribution in [2.75, 3.05) is 18.4 Å². The van der Waals surface area contributed by atoms with E-state index in [-0.39, 0.29) is 17.8 Å². The van der Waals surface area contributed by atoms with Gasteiger partial charge in [-0.2, -0.15) is 0 Å². The first-order valence-electron chi connectivity index (χ1n) is 13.2. The number of amides is 1. The van der Waals surface area contributed by atoms with Crippen LogP contribution in [-0.4, -0.2) is 35.6 Å². The van der Waals surface area contributed by atoms with Crippen LogP contribution in [0.3, 0.4) is 0 Å². The number of benzene rings is 1. The van der Waals surface area contributed by atoms with Gasteiger partial charge in [0.15, 0.2) is 0 Å². The average molecular weight is 490 g/mol. The molecule has 2 heterocycles. The summed E-state index contributed by atoms with van der Waals surface area (Å²) in [6.07, 6.45) is 8.35. The SMILES string of the molecule is CC(C)(C)OC(=O)CC1CC(CNC(=O)CCCc2ccc3c(n2)NCCC3)=CCc2ccccc21. The number of pyridine rings is 1. The smallest absolute Gasteiger partial charge is 0.306 e. The monoisotopic (exact) mass is 489 g/mol. The van der Waals surface area contributed by atoms with Crippen LogP contribution in [0.15, 0.2) is 48.0 Å². The largest absolute Gasteiger partial charge is 0.460 e. The first-order chi connectivity index (χ1) is 17.3. The normalized spacial score (nSPS) is 17.1. The van der Waals surface area contributed by atoms with Gasteiger partial charge in [-0.15, -0.1) is 0 Å². The van der Waals surface area contributed by atoms with E-state index in [4.69, 9.17) is 9.72 Å². The highest BCUT2D eigenvalue weighted by Crippen LogP contribution is 2.34. The summed E-state index contributed by atoms with van der Waals surface area (Å²) in [6.45, 7) is 7.17. The van der Waals surface area contributed by atoms with E-state index in [1.807, 2.05) is 32.9 Å². The quantitative estimate of drug-likeness (QED) is 0.390. The molecule has 2 N–H and O–H groups in total. The van der Waals surface area contributed by atoms with E-state index in [0.29, 0.717) is 19.4 Å². The second kappa shape index (κ2) is 11.7. The summed E-state index contributed by atoms with van der Waals surface area (Å²) in [5.41, 5.74) is 5.42. The van der Waals surface area contributed by atoms with Crippen molar-refractivity contribution in [3.05, 3.63) is 70.4 Å². The highest BCUT2D eigenvalue weighted by atomic mass is 16.6. The lowest BCUT2D eigenvalue weighted by Crippen LogP contribution is -2.27. The maximum atomic E-state index is 12.6. The number of fused-ring (bicyclic) bond motifs is 2. The summed E-state index contributed by atoms with van der Waals surface area (Å²) < 4.78 is 5.60. The molecule has 6 heteroatoms. The minimum Gasteiger partial charge on any atom is -0.460 e. The van der Waals surface area contributed by atoms with Gasteiger partial charge < -0.3 is 15.4 Å². The summed E-state index contributed by atoms with van der Waals surface area (Å²) in [6, 6.07) is 12.6. The maximum Gasteiger partial charge on any atom is 0.306 e. The molecular weight excluding hydrogens is 450 g/mol. The van der Waals surface area contributed by atoms with E-state index >= 15 is 0 Å². The number of nitrogens with one attached hydrogen (secondary N) is 2. The molecule has 1 aliphatic heterocycles. The van der Waals surface area contributed by atoms with Crippen LogP contribution < -0.4 is 10.6 Å². The van der Waals surface area contributed by atoms with Crippen molar-refractivity contribution in [3.8, 4) is 0 Å². The lowest BCUT2D eigenvalue weighted by Gasteiger charge is -2.23. The van der Waals surface area contributed by atoms with E-state index in [2.05, 4.69) is 41.0 Å². The van der Waals surface area contributed by atoms with E-state index in [1.54, 1.807) is 0 Å². The number of aryl methyl sites for hydroxylation is 2. The third-order valence-corrected chi connectivity index (χ3v) is 6.75. The van der Waals surface area contributed by atoms with Gasteiger partial charge in [-0.3, -0.25) is 9.59 Å². The van der Waals surface area contributed by atoms with Gasteiger partial charge in [0.1, 0.15) is 11.4 Å². The Bertz CT molecular complexity index is 1120. The minimum absolute atomic E-state index is 0.0467. The third-order valence-electron chi connectivity index (χ3n) is 6.75. The molecule has 0 saturated heterocycles. The molecule has 1 unspecified atom stereocenters. The van der Waals surface area contributed by atoms with Crippen LogP contribution in [0.25, 0.3) is 0 Å². The number of aromatic nitrogens is 1. The molecule has 6 nitrogen and oxygen atoms in total. The molecule has 0 fully saturated rings. The number of ether oxygens (including phenoxy) is 1. The molecule has 2 aliphatic rings. The van der Waals surface area contributed by atoms with E-state index in [0.717, 1.165) is 62.2 Å². The molecule has 1 aromatic heterocycles. The standard InChI is InChI=1S/C30H39N3O3/c1-30(2,3)36-28(35)19-24-18-21(13-14-22-8-4-5-11-26(22)24)20-32-27(34)12-6-10-25-16-15-23-9-7-17-31-29(23)33-25/h4-5,8,11,13,15-16,24H,6-7,9-10,12,14,17-20H2,1-3H3,(H,31,33)(H,32,34). The van der Waals surface area contributed by atoms with Crippen molar-refractivity contribution in [2.45, 2.75) is 83.7 Å². The van der Waals surface area contributed by atoms with Crippen LogP contribution in [0, 0.1) is 0 Å². The van der Waals surface area contributed by atoms with Gasteiger partial charge in [-0.25, -0.2) is 4.98 Å². The first kappa shape index (κ1) is 25.9. The van der Waals surface area contributed by atoms with Gasteiger partial charge in [0.25, 0.3) is 0 Å². The number of anilines is 1. The van der Waals surface area contributed by atoms with Crippen molar-refractivity contribution in [1.29, 1.82) is 0 Å². The number of allylic oxidation sites excluding steroid dienone is 1. The Kier molecular flexibility index (Phi) is 8.44. The Balaban J connectivity index is 1.28. The zero-order valence-electron chi connectivity index (χ0n) is 21.9. The summed E-state index contributed by atoms with van der Waals surface area (Å²) in [7, 11) is 0. The molecule has 0 radical (unpaired) electrons. The lowest BCUT2D eigenvalue weighted by molar-refractivity contribution is -0.155. The predicted octanol–water partition coefficient (Wildman–Crippen LogP) is 5.27. The van der Waals surface area contributed by atoms with Crippen molar-refractivity contribution < 1.29 is 14.3 Å². The molecule has 1 aliphatic carbocycles. The second-order valence-electron chi connectivity index (χ2n) is 10.9. The molecule has 1 aromatic carbocycles. The highest BCUT2D eigenvalue weighted by molar-refractivity contribution is 5.76. The number of carbonyl (C=O) groups excluding carboxylic acids is 2. The third kappa shape index (κ3) is 7.42. The van der Waals surface area contributed by atoms with Crippen LogP contribution in [0.4, 0.5) is 5.82 Å². The van der Waals surface area contributed by atoms with Crippen molar-refractivity contribution in [1.82, 2.24) is 10.3 Å². The van der Waals surface area contributed by atoms with Gasteiger partial charge in [0.2, 0.25) is 5.91 Å². The molecule has 2 aromatic rings. The molecule has 0 spiro atoms.